The Morgan fingerprint density at radius 3 is 2.43 bits per heavy atom. The monoisotopic (exact) mass is 411 g/mol. The van der Waals surface area contributed by atoms with Crippen LogP contribution in [0.15, 0.2) is 53.7 Å². The third-order valence-electron chi connectivity index (χ3n) is 3.61. The Bertz CT molecular complexity index is 988. The zero-order chi connectivity index (χ0) is 20.3. The number of benzene rings is 2. The molecule has 6 nitrogen and oxygen atoms in total. The minimum atomic E-state index is -4.44. The van der Waals surface area contributed by atoms with Crippen LogP contribution in [0.25, 0.3) is 11.4 Å². The maximum atomic E-state index is 13.8. The van der Waals surface area contributed by atoms with E-state index in [1.54, 1.807) is 6.07 Å². The highest BCUT2D eigenvalue weighted by Gasteiger charge is 2.30. The van der Waals surface area contributed by atoms with Crippen LogP contribution in [0.1, 0.15) is 5.56 Å². The molecule has 0 unspecified atom stereocenters. The summed E-state index contributed by atoms with van der Waals surface area (Å²) in [5.41, 5.74) is -0.421. The highest BCUT2D eigenvalue weighted by atomic mass is 32.2. The van der Waals surface area contributed by atoms with Crippen molar-refractivity contribution in [3.05, 3.63) is 59.9 Å². The highest BCUT2D eigenvalue weighted by Crippen LogP contribution is 2.30. The Hall–Kier alpha value is -3.08. The fourth-order valence-corrected chi connectivity index (χ4v) is 2.93. The maximum absolute atomic E-state index is 13.8. The van der Waals surface area contributed by atoms with Crippen LogP contribution in [0.3, 0.4) is 0 Å². The number of hydrogen-bond donors (Lipinski definition) is 2. The van der Waals surface area contributed by atoms with Gasteiger partial charge in [0.25, 0.3) is 0 Å². The summed E-state index contributed by atoms with van der Waals surface area (Å²) in [6, 6.07) is 9.97. The number of halogens is 4. The van der Waals surface area contributed by atoms with Crippen molar-refractivity contribution in [2.75, 3.05) is 16.9 Å². The number of nitrogens with zero attached hydrogens (tertiary/aromatic N) is 3. The zero-order valence-electron chi connectivity index (χ0n) is 14.1. The minimum absolute atomic E-state index is 0.101. The molecule has 0 aliphatic carbocycles. The second-order valence-electron chi connectivity index (χ2n) is 5.57. The molecule has 1 heterocycles. The number of amides is 1. The number of nitrogen functional groups attached to an aromatic ring is 1. The molecule has 0 bridgehead atoms. The van der Waals surface area contributed by atoms with Crippen LogP contribution in [0.4, 0.5) is 23.2 Å². The van der Waals surface area contributed by atoms with Crippen LogP contribution < -0.4 is 11.2 Å². The highest BCUT2D eigenvalue weighted by molar-refractivity contribution is 7.99. The number of alkyl halides is 3. The van der Waals surface area contributed by atoms with Crippen LogP contribution in [-0.2, 0) is 11.0 Å². The molecule has 0 saturated carbocycles. The van der Waals surface area contributed by atoms with Crippen molar-refractivity contribution < 1.29 is 22.4 Å². The van der Waals surface area contributed by atoms with Gasteiger partial charge in [0.2, 0.25) is 11.1 Å². The van der Waals surface area contributed by atoms with E-state index in [2.05, 4.69) is 15.5 Å². The van der Waals surface area contributed by atoms with Gasteiger partial charge in [-0.2, -0.15) is 13.2 Å². The lowest BCUT2D eigenvalue weighted by molar-refractivity contribution is -0.137. The average molecular weight is 411 g/mol. The first-order valence-electron chi connectivity index (χ1n) is 7.81. The van der Waals surface area contributed by atoms with Crippen LogP contribution in [0, 0.1) is 5.82 Å². The number of anilines is 1. The lowest BCUT2D eigenvalue weighted by atomic mass is 10.2. The van der Waals surface area contributed by atoms with E-state index >= 15 is 0 Å². The summed E-state index contributed by atoms with van der Waals surface area (Å²) in [6.07, 6.45) is -4.44. The number of nitrogens with two attached hydrogens (primary N) is 1. The van der Waals surface area contributed by atoms with Gasteiger partial charge in [0.15, 0.2) is 5.82 Å². The molecule has 1 aromatic heterocycles. The van der Waals surface area contributed by atoms with Gasteiger partial charge in [0.1, 0.15) is 5.82 Å². The van der Waals surface area contributed by atoms with Crippen LogP contribution in [0.2, 0.25) is 0 Å². The van der Waals surface area contributed by atoms with Crippen molar-refractivity contribution in [1.82, 2.24) is 14.9 Å². The van der Waals surface area contributed by atoms with E-state index in [4.69, 9.17) is 5.84 Å². The van der Waals surface area contributed by atoms with Crippen molar-refractivity contribution in [1.29, 1.82) is 0 Å². The van der Waals surface area contributed by atoms with E-state index in [1.807, 2.05) is 0 Å². The molecule has 28 heavy (non-hydrogen) atoms. The van der Waals surface area contributed by atoms with Gasteiger partial charge in [0, 0.05) is 5.69 Å². The van der Waals surface area contributed by atoms with Crippen molar-refractivity contribution in [3.63, 3.8) is 0 Å². The second-order valence-corrected chi connectivity index (χ2v) is 6.51. The predicted molar refractivity (Wildman–Crippen MR) is 96.4 cm³/mol. The second kappa shape index (κ2) is 7.89. The molecule has 3 aromatic rings. The van der Waals surface area contributed by atoms with Gasteiger partial charge in [-0.25, -0.2) is 9.07 Å². The molecule has 2 aromatic carbocycles. The first-order valence-corrected chi connectivity index (χ1v) is 8.79. The molecule has 0 spiro atoms. The summed E-state index contributed by atoms with van der Waals surface area (Å²) in [5, 5.41) is 10.3. The molecule has 0 aliphatic heterocycles. The number of thioether (sulfide) groups is 1. The lowest BCUT2D eigenvalue weighted by Crippen LogP contribution is -2.16. The Kier molecular flexibility index (Phi) is 5.54. The number of rotatable bonds is 5. The molecule has 0 atom stereocenters. The van der Waals surface area contributed by atoms with E-state index in [1.165, 1.54) is 18.2 Å². The predicted octanol–water partition coefficient (Wildman–Crippen LogP) is 3.55. The van der Waals surface area contributed by atoms with Crippen molar-refractivity contribution >= 4 is 23.4 Å². The van der Waals surface area contributed by atoms with Gasteiger partial charge in [-0.05, 0) is 36.4 Å². The smallest absolute Gasteiger partial charge is 0.335 e. The van der Waals surface area contributed by atoms with E-state index in [0.717, 1.165) is 40.7 Å². The first kappa shape index (κ1) is 19.7. The molecular formula is C17H13F4N5OS. The van der Waals surface area contributed by atoms with Crippen LogP contribution in [-0.4, -0.2) is 26.5 Å². The zero-order valence-corrected chi connectivity index (χ0v) is 14.9. The standard InChI is InChI=1S/C17H13F4N5OS/c18-13-4-2-1-3-12(13)15-24-25-16(26(15)22)28-9-14(27)23-11-7-5-10(6-8-11)17(19,20)21/h1-8H,9,22H2,(H,23,27). The molecule has 11 heteroatoms. The van der Waals surface area contributed by atoms with Crippen molar-refractivity contribution in [3.8, 4) is 11.4 Å². The minimum Gasteiger partial charge on any atom is -0.335 e. The Morgan fingerprint density at radius 2 is 1.79 bits per heavy atom. The van der Waals surface area contributed by atoms with Gasteiger partial charge < -0.3 is 11.2 Å². The number of carbonyl (C=O) groups excluding carboxylic acids is 1. The van der Waals surface area contributed by atoms with Crippen molar-refractivity contribution in [2.24, 2.45) is 0 Å². The van der Waals surface area contributed by atoms with Gasteiger partial charge in [-0.15, -0.1) is 10.2 Å². The molecule has 1 amide bonds. The van der Waals surface area contributed by atoms with Crippen LogP contribution >= 0.6 is 11.8 Å². The number of nitrogens with one attached hydrogen (secondary N) is 1. The van der Waals surface area contributed by atoms with Crippen molar-refractivity contribution in [2.45, 2.75) is 11.3 Å². The maximum Gasteiger partial charge on any atom is 0.416 e. The molecular weight excluding hydrogens is 398 g/mol. The molecule has 0 radical (unpaired) electrons. The Balaban J connectivity index is 1.62. The summed E-state index contributed by atoms with van der Waals surface area (Å²) in [4.78, 5) is 12.0. The lowest BCUT2D eigenvalue weighted by Gasteiger charge is -2.08. The molecule has 3 N–H and O–H groups in total. The number of carbonyl (C=O) groups is 1. The third kappa shape index (κ3) is 4.42. The number of aromatic nitrogens is 3. The fraction of sp³-hybridized carbons (Fsp3) is 0.118. The Morgan fingerprint density at radius 1 is 1.11 bits per heavy atom. The third-order valence-corrected chi connectivity index (χ3v) is 4.55. The summed E-state index contributed by atoms with van der Waals surface area (Å²) < 4.78 is 52.5. The summed E-state index contributed by atoms with van der Waals surface area (Å²) in [5.74, 6) is 4.86. The topological polar surface area (TPSA) is 85.8 Å². The number of hydrogen-bond acceptors (Lipinski definition) is 5. The Labute approximate surface area is 160 Å². The normalized spacial score (nSPS) is 11.4. The quantitative estimate of drug-likeness (QED) is 0.381. The molecule has 0 aliphatic rings. The summed E-state index contributed by atoms with van der Waals surface area (Å²) in [7, 11) is 0. The van der Waals surface area contributed by atoms with E-state index < -0.39 is 23.5 Å². The molecule has 3 rings (SSSR count). The van der Waals surface area contributed by atoms with Gasteiger partial charge >= 0.3 is 6.18 Å². The summed E-state index contributed by atoms with van der Waals surface area (Å²) >= 11 is 0.953. The van der Waals surface area contributed by atoms with Gasteiger partial charge in [-0.1, -0.05) is 23.9 Å². The SMILES string of the molecule is Nn1c(SCC(=O)Nc2ccc(C(F)(F)F)cc2)nnc1-c1ccccc1F. The largest absolute Gasteiger partial charge is 0.416 e. The van der Waals surface area contributed by atoms with E-state index in [-0.39, 0.29) is 28.0 Å². The van der Waals surface area contributed by atoms with Gasteiger partial charge in [-0.3, -0.25) is 4.79 Å². The first-order chi connectivity index (χ1) is 13.3. The molecule has 146 valence electrons. The van der Waals surface area contributed by atoms with Gasteiger partial charge in [0.05, 0.1) is 16.9 Å². The van der Waals surface area contributed by atoms with Crippen LogP contribution in [0.5, 0.6) is 0 Å². The summed E-state index contributed by atoms with van der Waals surface area (Å²) in [6.45, 7) is 0. The fourth-order valence-electron chi connectivity index (χ4n) is 2.27. The van der Waals surface area contributed by atoms with E-state index in [9.17, 15) is 22.4 Å². The molecule has 0 fully saturated rings. The molecule has 0 saturated heterocycles. The average Bonchev–Trinajstić information content (AvgIpc) is 3.00. The van der Waals surface area contributed by atoms with E-state index in [0.29, 0.717) is 0 Å².